The van der Waals surface area contributed by atoms with Gasteiger partial charge in [-0.25, -0.2) is 9.78 Å². The standard InChI is InChI=1S/C20H22N2O5S/c1-5-14(20(24)27-6-2)22-11-21-18-17(19(22)23)13(10-28-18)12-7-8-15(25-3)16(9-12)26-4/h7-11,14H,5-6H2,1-4H3/t14-/m1/s1. The molecule has 2 aromatic heterocycles. The lowest BCUT2D eigenvalue weighted by atomic mass is 10.1. The van der Waals surface area contributed by atoms with Gasteiger partial charge in [0.1, 0.15) is 10.9 Å². The second-order valence-electron chi connectivity index (χ2n) is 6.03. The summed E-state index contributed by atoms with van der Waals surface area (Å²) >= 11 is 1.38. The van der Waals surface area contributed by atoms with Crippen molar-refractivity contribution in [3.05, 3.63) is 40.3 Å². The number of methoxy groups -OCH3 is 2. The molecular formula is C20H22N2O5S. The number of hydrogen-bond donors (Lipinski definition) is 0. The van der Waals surface area contributed by atoms with Crippen LogP contribution in [0.25, 0.3) is 21.3 Å². The molecule has 0 N–H and O–H groups in total. The Bertz CT molecular complexity index is 1060. The maximum Gasteiger partial charge on any atom is 0.329 e. The Labute approximate surface area is 166 Å². The second-order valence-corrected chi connectivity index (χ2v) is 6.89. The lowest BCUT2D eigenvalue weighted by molar-refractivity contribution is -0.147. The molecule has 3 aromatic rings. The topological polar surface area (TPSA) is 79.7 Å². The Balaban J connectivity index is 2.16. The summed E-state index contributed by atoms with van der Waals surface area (Å²) in [5, 5.41) is 2.36. The van der Waals surface area contributed by atoms with E-state index in [2.05, 4.69) is 4.98 Å². The molecule has 0 fully saturated rings. The maximum absolute atomic E-state index is 13.2. The van der Waals surface area contributed by atoms with E-state index in [9.17, 15) is 9.59 Å². The van der Waals surface area contributed by atoms with Crippen molar-refractivity contribution in [1.29, 1.82) is 0 Å². The third-order valence-electron chi connectivity index (χ3n) is 4.50. The first-order valence-electron chi connectivity index (χ1n) is 8.93. The monoisotopic (exact) mass is 402 g/mol. The van der Waals surface area contributed by atoms with Crippen LogP contribution in [0, 0.1) is 0 Å². The quantitative estimate of drug-likeness (QED) is 0.561. The Hall–Kier alpha value is -2.87. The molecule has 1 aromatic carbocycles. The van der Waals surface area contributed by atoms with E-state index < -0.39 is 12.0 Å². The summed E-state index contributed by atoms with van der Waals surface area (Å²) in [7, 11) is 3.13. The molecule has 8 heteroatoms. The molecule has 1 atom stereocenters. The molecule has 0 spiro atoms. The molecule has 0 bridgehead atoms. The van der Waals surface area contributed by atoms with E-state index in [1.54, 1.807) is 27.2 Å². The summed E-state index contributed by atoms with van der Waals surface area (Å²) in [5.41, 5.74) is 1.28. The van der Waals surface area contributed by atoms with Crippen LogP contribution in [0.5, 0.6) is 11.5 Å². The zero-order chi connectivity index (χ0) is 20.3. The second kappa shape index (κ2) is 8.43. The lowest BCUT2D eigenvalue weighted by Crippen LogP contribution is -2.31. The van der Waals surface area contributed by atoms with Gasteiger partial charge in [-0.05, 0) is 31.0 Å². The Morgan fingerprint density at radius 3 is 2.61 bits per heavy atom. The number of rotatable bonds is 7. The first kappa shape index (κ1) is 19.9. The third kappa shape index (κ3) is 3.47. The summed E-state index contributed by atoms with van der Waals surface area (Å²) < 4.78 is 17.1. The van der Waals surface area contributed by atoms with Gasteiger partial charge in [-0.3, -0.25) is 9.36 Å². The average Bonchev–Trinajstić information content (AvgIpc) is 3.15. The van der Waals surface area contributed by atoms with Gasteiger partial charge in [0.25, 0.3) is 5.56 Å². The van der Waals surface area contributed by atoms with E-state index in [0.717, 1.165) is 11.1 Å². The van der Waals surface area contributed by atoms with Crippen molar-refractivity contribution in [2.75, 3.05) is 20.8 Å². The van der Waals surface area contributed by atoms with E-state index in [4.69, 9.17) is 14.2 Å². The van der Waals surface area contributed by atoms with Crippen LogP contribution in [0.3, 0.4) is 0 Å². The van der Waals surface area contributed by atoms with Gasteiger partial charge in [0.05, 0.1) is 32.5 Å². The highest BCUT2D eigenvalue weighted by Crippen LogP contribution is 2.36. The Morgan fingerprint density at radius 1 is 1.21 bits per heavy atom. The van der Waals surface area contributed by atoms with Crippen molar-refractivity contribution < 1.29 is 19.0 Å². The van der Waals surface area contributed by atoms with Gasteiger partial charge >= 0.3 is 5.97 Å². The molecule has 2 heterocycles. The summed E-state index contributed by atoms with van der Waals surface area (Å²) in [6, 6.07) is 4.77. The number of carbonyl (C=O) groups is 1. The van der Waals surface area contributed by atoms with E-state index >= 15 is 0 Å². The molecule has 28 heavy (non-hydrogen) atoms. The highest BCUT2D eigenvalue weighted by atomic mass is 32.1. The molecule has 0 saturated carbocycles. The fraction of sp³-hybridized carbons (Fsp3) is 0.350. The minimum Gasteiger partial charge on any atom is -0.493 e. The number of nitrogens with zero attached hydrogens (tertiary/aromatic N) is 2. The largest absolute Gasteiger partial charge is 0.493 e. The van der Waals surface area contributed by atoms with E-state index in [-0.39, 0.29) is 12.2 Å². The molecule has 0 aliphatic carbocycles. The molecule has 0 saturated heterocycles. The molecule has 148 valence electrons. The smallest absolute Gasteiger partial charge is 0.329 e. The number of thiophene rings is 1. The highest BCUT2D eigenvalue weighted by molar-refractivity contribution is 7.17. The van der Waals surface area contributed by atoms with Crippen LogP contribution in [-0.2, 0) is 9.53 Å². The molecule has 3 rings (SSSR count). The maximum atomic E-state index is 13.2. The minimum atomic E-state index is -0.706. The van der Waals surface area contributed by atoms with Crippen molar-refractivity contribution in [2.45, 2.75) is 26.3 Å². The van der Waals surface area contributed by atoms with Gasteiger partial charge in [0.15, 0.2) is 11.5 Å². The van der Waals surface area contributed by atoms with Crippen LogP contribution in [-0.4, -0.2) is 36.3 Å². The van der Waals surface area contributed by atoms with Crippen molar-refractivity contribution in [2.24, 2.45) is 0 Å². The fourth-order valence-electron chi connectivity index (χ4n) is 3.10. The van der Waals surface area contributed by atoms with Crippen molar-refractivity contribution in [1.82, 2.24) is 9.55 Å². The van der Waals surface area contributed by atoms with Crippen LogP contribution >= 0.6 is 11.3 Å². The number of ether oxygens (including phenoxy) is 3. The van der Waals surface area contributed by atoms with Crippen LogP contribution in [0.2, 0.25) is 0 Å². The van der Waals surface area contributed by atoms with Crippen molar-refractivity contribution in [3.8, 4) is 22.6 Å². The molecule has 7 nitrogen and oxygen atoms in total. The van der Waals surface area contributed by atoms with E-state index in [1.807, 2.05) is 24.4 Å². The zero-order valence-corrected chi connectivity index (χ0v) is 17.0. The normalized spacial score (nSPS) is 12.0. The van der Waals surface area contributed by atoms with Gasteiger partial charge in [-0.15, -0.1) is 11.3 Å². The summed E-state index contributed by atoms with van der Waals surface area (Å²) in [4.78, 5) is 30.5. The van der Waals surface area contributed by atoms with E-state index in [1.165, 1.54) is 22.2 Å². The van der Waals surface area contributed by atoms with Gasteiger partial charge in [0, 0.05) is 10.9 Å². The summed E-state index contributed by atoms with van der Waals surface area (Å²) in [5.74, 6) is 0.743. The number of fused-ring (bicyclic) bond motifs is 1. The number of esters is 1. The summed E-state index contributed by atoms with van der Waals surface area (Å²) in [6.45, 7) is 3.83. The van der Waals surface area contributed by atoms with Crippen LogP contribution < -0.4 is 15.0 Å². The third-order valence-corrected chi connectivity index (χ3v) is 5.38. The molecule has 0 radical (unpaired) electrons. The Morgan fingerprint density at radius 2 is 1.96 bits per heavy atom. The lowest BCUT2D eigenvalue weighted by Gasteiger charge is -2.16. The predicted molar refractivity (Wildman–Crippen MR) is 108 cm³/mol. The number of aromatic nitrogens is 2. The van der Waals surface area contributed by atoms with Crippen LogP contribution in [0.15, 0.2) is 34.7 Å². The van der Waals surface area contributed by atoms with E-state index in [0.29, 0.717) is 28.1 Å². The summed E-state index contributed by atoms with van der Waals surface area (Å²) in [6.07, 6.45) is 1.85. The van der Waals surface area contributed by atoms with Crippen molar-refractivity contribution in [3.63, 3.8) is 0 Å². The van der Waals surface area contributed by atoms with Crippen LogP contribution in [0.4, 0.5) is 0 Å². The Kier molecular flexibility index (Phi) is 5.99. The first-order valence-corrected chi connectivity index (χ1v) is 9.80. The van der Waals surface area contributed by atoms with Crippen LogP contribution in [0.1, 0.15) is 26.3 Å². The van der Waals surface area contributed by atoms with Gasteiger partial charge in [-0.1, -0.05) is 13.0 Å². The van der Waals surface area contributed by atoms with Gasteiger partial charge < -0.3 is 14.2 Å². The van der Waals surface area contributed by atoms with Crippen molar-refractivity contribution >= 4 is 27.5 Å². The minimum absolute atomic E-state index is 0.259. The predicted octanol–water partition coefficient (Wildman–Crippen LogP) is 3.66. The molecule has 0 aliphatic rings. The number of benzene rings is 1. The van der Waals surface area contributed by atoms with Gasteiger partial charge in [-0.2, -0.15) is 0 Å². The van der Waals surface area contributed by atoms with Gasteiger partial charge in [0.2, 0.25) is 0 Å². The first-order chi connectivity index (χ1) is 13.5. The number of hydrogen-bond acceptors (Lipinski definition) is 7. The number of carbonyl (C=O) groups excluding carboxylic acids is 1. The average molecular weight is 402 g/mol. The zero-order valence-electron chi connectivity index (χ0n) is 16.2. The molecule has 0 aliphatic heterocycles. The SMILES string of the molecule is CCOC(=O)[C@@H](CC)n1cnc2scc(-c3ccc(OC)c(OC)c3)c2c1=O. The molecular weight excluding hydrogens is 380 g/mol. The molecule has 0 unspecified atom stereocenters. The molecule has 0 amide bonds. The highest BCUT2D eigenvalue weighted by Gasteiger charge is 2.23. The fourth-order valence-corrected chi connectivity index (χ4v) is 4.01.